The van der Waals surface area contributed by atoms with Gasteiger partial charge in [-0.3, -0.25) is 0 Å². The first-order valence-electron chi connectivity index (χ1n) is 5.80. The van der Waals surface area contributed by atoms with Crippen molar-refractivity contribution in [3.63, 3.8) is 0 Å². The molecule has 1 fully saturated rings. The number of ether oxygens (including phenoxy) is 1. The number of carbonyl (C=O) groups is 1. The molecule has 0 N–H and O–H groups in total. The summed E-state index contributed by atoms with van der Waals surface area (Å²) in [6.45, 7) is 4.41. The summed E-state index contributed by atoms with van der Waals surface area (Å²) in [6.07, 6.45) is 10.7. The van der Waals surface area contributed by atoms with Gasteiger partial charge in [0.2, 0.25) is 0 Å². The van der Waals surface area contributed by atoms with Gasteiger partial charge in [0.1, 0.15) is 6.10 Å². The van der Waals surface area contributed by atoms with Crippen LogP contribution in [0.1, 0.15) is 46.0 Å². The average Bonchev–Trinajstić information content (AvgIpc) is 2.20. The van der Waals surface area contributed by atoms with E-state index < -0.39 is 5.97 Å². The van der Waals surface area contributed by atoms with Crippen molar-refractivity contribution in [2.45, 2.75) is 52.1 Å². The lowest BCUT2D eigenvalue weighted by molar-refractivity contribution is -0.146. The topological polar surface area (TPSA) is 26.3 Å². The Hall–Kier alpha value is -0.970. The fraction of sp³-hybridized carbons (Fsp3) is 0.769. The minimum atomic E-state index is -0.504. The van der Waals surface area contributed by atoms with Crippen molar-refractivity contribution < 1.29 is 9.53 Å². The van der Waals surface area contributed by atoms with E-state index in [9.17, 15) is 4.79 Å². The molecule has 0 amide bonds. The quantitative estimate of drug-likeness (QED) is 0.405. The Morgan fingerprint density at radius 2 is 2.13 bits per heavy atom. The van der Waals surface area contributed by atoms with Crippen LogP contribution in [-0.4, -0.2) is 12.1 Å². The van der Waals surface area contributed by atoms with Crippen molar-refractivity contribution in [2.24, 2.45) is 11.8 Å². The van der Waals surface area contributed by atoms with Gasteiger partial charge in [-0.15, -0.1) is 6.42 Å². The second-order valence-electron chi connectivity index (χ2n) is 4.76. The molecule has 15 heavy (non-hydrogen) atoms. The molecule has 0 spiro atoms. The van der Waals surface area contributed by atoms with Gasteiger partial charge in [-0.05, 0) is 37.5 Å². The molecule has 1 aliphatic rings. The van der Waals surface area contributed by atoms with Gasteiger partial charge < -0.3 is 4.74 Å². The zero-order chi connectivity index (χ0) is 11.3. The second kappa shape index (κ2) is 5.80. The minimum Gasteiger partial charge on any atom is -0.453 e. The standard InChI is InChI=1S/C13H20O2/c1-4-13(14)15-12-8-6-5-7-11(12)9-10(2)3/h1,10-12H,5-9H2,2-3H3. The van der Waals surface area contributed by atoms with E-state index in [0.717, 1.165) is 19.3 Å². The summed E-state index contributed by atoms with van der Waals surface area (Å²) in [5.74, 6) is 2.68. The van der Waals surface area contributed by atoms with Crippen LogP contribution < -0.4 is 0 Å². The lowest BCUT2D eigenvalue weighted by atomic mass is 9.81. The van der Waals surface area contributed by atoms with E-state index in [2.05, 4.69) is 13.8 Å². The molecule has 2 nitrogen and oxygen atoms in total. The van der Waals surface area contributed by atoms with Crippen LogP contribution >= 0.6 is 0 Å². The van der Waals surface area contributed by atoms with E-state index in [1.54, 1.807) is 0 Å². The fourth-order valence-corrected chi connectivity index (χ4v) is 2.38. The molecule has 1 rings (SSSR count). The van der Waals surface area contributed by atoms with E-state index in [1.807, 2.05) is 5.92 Å². The molecule has 0 bridgehead atoms. The number of esters is 1. The summed E-state index contributed by atoms with van der Waals surface area (Å²) in [4.78, 5) is 11.1. The van der Waals surface area contributed by atoms with E-state index in [1.165, 1.54) is 12.8 Å². The summed E-state index contributed by atoms with van der Waals surface area (Å²) in [5.41, 5.74) is 0. The molecule has 2 atom stereocenters. The van der Waals surface area contributed by atoms with Crippen LogP contribution in [0.3, 0.4) is 0 Å². The molecular weight excluding hydrogens is 188 g/mol. The van der Waals surface area contributed by atoms with Crippen molar-refractivity contribution in [1.82, 2.24) is 0 Å². The van der Waals surface area contributed by atoms with Crippen molar-refractivity contribution in [3.05, 3.63) is 0 Å². The molecule has 0 radical (unpaired) electrons. The molecule has 0 aromatic rings. The van der Waals surface area contributed by atoms with Gasteiger partial charge in [-0.1, -0.05) is 20.3 Å². The van der Waals surface area contributed by atoms with Gasteiger partial charge in [0.25, 0.3) is 0 Å². The average molecular weight is 208 g/mol. The summed E-state index contributed by atoms with van der Waals surface area (Å²) in [5, 5.41) is 0. The highest BCUT2D eigenvalue weighted by Gasteiger charge is 2.28. The largest absolute Gasteiger partial charge is 0.453 e. The normalized spacial score (nSPS) is 26.0. The number of hydrogen-bond donors (Lipinski definition) is 0. The van der Waals surface area contributed by atoms with Crippen molar-refractivity contribution >= 4 is 5.97 Å². The van der Waals surface area contributed by atoms with Crippen LogP contribution in [0.15, 0.2) is 0 Å². The van der Waals surface area contributed by atoms with Gasteiger partial charge >= 0.3 is 5.97 Å². The van der Waals surface area contributed by atoms with Crippen LogP contribution in [0.2, 0.25) is 0 Å². The van der Waals surface area contributed by atoms with E-state index in [0.29, 0.717) is 11.8 Å². The maximum absolute atomic E-state index is 11.1. The van der Waals surface area contributed by atoms with E-state index in [-0.39, 0.29) is 6.10 Å². The second-order valence-corrected chi connectivity index (χ2v) is 4.76. The van der Waals surface area contributed by atoms with Crippen molar-refractivity contribution in [3.8, 4) is 12.3 Å². The molecule has 0 aliphatic heterocycles. The number of carbonyl (C=O) groups excluding carboxylic acids is 1. The Morgan fingerprint density at radius 1 is 1.47 bits per heavy atom. The lowest BCUT2D eigenvalue weighted by Gasteiger charge is -2.31. The molecule has 1 aliphatic carbocycles. The highest BCUT2D eigenvalue weighted by Crippen LogP contribution is 2.31. The molecule has 2 unspecified atom stereocenters. The fourth-order valence-electron chi connectivity index (χ4n) is 2.38. The molecule has 0 heterocycles. The van der Waals surface area contributed by atoms with Crippen LogP contribution in [0.4, 0.5) is 0 Å². The Morgan fingerprint density at radius 3 is 2.73 bits per heavy atom. The Balaban J connectivity index is 2.50. The highest BCUT2D eigenvalue weighted by atomic mass is 16.5. The number of terminal acetylenes is 1. The summed E-state index contributed by atoms with van der Waals surface area (Å²) in [7, 11) is 0. The molecule has 84 valence electrons. The lowest BCUT2D eigenvalue weighted by Crippen LogP contribution is -2.30. The van der Waals surface area contributed by atoms with Crippen molar-refractivity contribution in [1.29, 1.82) is 0 Å². The third-order valence-electron chi connectivity index (χ3n) is 2.99. The third kappa shape index (κ3) is 3.95. The number of hydrogen-bond acceptors (Lipinski definition) is 2. The Labute approximate surface area is 92.4 Å². The van der Waals surface area contributed by atoms with Gasteiger partial charge in [0.15, 0.2) is 0 Å². The zero-order valence-corrected chi connectivity index (χ0v) is 9.66. The highest BCUT2D eigenvalue weighted by molar-refractivity contribution is 5.87. The zero-order valence-electron chi connectivity index (χ0n) is 9.66. The Kier molecular flexibility index (Phi) is 4.68. The molecular formula is C13H20O2. The predicted octanol–water partition coefficient (Wildman–Crippen LogP) is 2.77. The first-order valence-corrected chi connectivity index (χ1v) is 5.80. The SMILES string of the molecule is C#CC(=O)OC1CCCCC1CC(C)C. The minimum absolute atomic E-state index is 0.0599. The smallest absolute Gasteiger partial charge is 0.384 e. The van der Waals surface area contributed by atoms with Gasteiger partial charge in [0.05, 0.1) is 0 Å². The first kappa shape index (κ1) is 12.1. The van der Waals surface area contributed by atoms with Gasteiger partial charge in [-0.25, -0.2) is 4.79 Å². The molecule has 0 aromatic heterocycles. The Bertz CT molecular complexity index is 250. The maximum atomic E-state index is 11.1. The summed E-state index contributed by atoms with van der Waals surface area (Å²) in [6, 6.07) is 0. The van der Waals surface area contributed by atoms with Gasteiger partial charge in [-0.2, -0.15) is 0 Å². The summed E-state index contributed by atoms with van der Waals surface area (Å²) < 4.78 is 5.28. The van der Waals surface area contributed by atoms with E-state index >= 15 is 0 Å². The number of rotatable bonds is 3. The van der Waals surface area contributed by atoms with Gasteiger partial charge in [0, 0.05) is 5.92 Å². The predicted molar refractivity (Wildman–Crippen MR) is 60.1 cm³/mol. The van der Waals surface area contributed by atoms with E-state index in [4.69, 9.17) is 11.2 Å². The van der Waals surface area contributed by atoms with Crippen LogP contribution in [0.5, 0.6) is 0 Å². The van der Waals surface area contributed by atoms with Crippen LogP contribution in [0.25, 0.3) is 0 Å². The van der Waals surface area contributed by atoms with Crippen molar-refractivity contribution in [2.75, 3.05) is 0 Å². The van der Waals surface area contributed by atoms with Crippen LogP contribution in [0, 0.1) is 24.2 Å². The first-order chi connectivity index (χ1) is 7.13. The van der Waals surface area contributed by atoms with Crippen LogP contribution in [-0.2, 0) is 9.53 Å². The maximum Gasteiger partial charge on any atom is 0.384 e. The monoisotopic (exact) mass is 208 g/mol. The molecule has 1 saturated carbocycles. The molecule has 2 heteroatoms. The third-order valence-corrected chi connectivity index (χ3v) is 2.99. The molecule has 0 saturated heterocycles. The summed E-state index contributed by atoms with van der Waals surface area (Å²) >= 11 is 0. The molecule has 0 aromatic carbocycles.